The molecule has 2 rings (SSSR count). The first-order valence-electron chi connectivity index (χ1n) is 5.00. The van der Waals surface area contributed by atoms with Crippen LogP contribution < -0.4 is 0 Å². The van der Waals surface area contributed by atoms with Crippen LogP contribution in [-0.4, -0.2) is 0 Å². The first-order valence-corrected chi connectivity index (χ1v) is 5.00. The molecule has 0 N–H and O–H groups in total. The lowest BCUT2D eigenvalue weighted by atomic mass is 9.87. The monoisotopic (exact) mass is 161 g/mol. The molecule has 2 aliphatic carbocycles. The van der Waals surface area contributed by atoms with Gasteiger partial charge in [0.25, 0.3) is 0 Å². The summed E-state index contributed by atoms with van der Waals surface area (Å²) in [5.74, 6) is 2.41. The molecule has 0 saturated heterocycles. The van der Waals surface area contributed by atoms with Gasteiger partial charge in [0.05, 0.1) is 0 Å². The fourth-order valence-corrected chi connectivity index (χ4v) is 2.43. The Hall–Kier alpha value is -0.520. The lowest BCUT2D eigenvalue weighted by molar-refractivity contribution is 0.741. The highest BCUT2D eigenvalue weighted by atomic mass is 14.3. The average Bonchev–Trinajstić information content (AvgIpc) is 2.59. The molecule has 0 saturated carbocycles. The fourth-order valence-electron chi connectivity index (χ4n) is 2.43. The summed E-state index contributed by atoms with van der Waals surface area (Å²) in [4.78, 5) is 0. The van der Waals surface area contributed by atoms with Crippen LogP contribution in [-0.2, 0) is 0 Å². The van der Waals surface area contributed by atoms with Crippen molar-refractivity contribution in [2.75, 3.05) is 0 Å². The van der Waals surface area contributed by atoms with Crippen molar-refractivity contribution >= 4 is 0 Å². The Kier molecular flexibility index (Phi) is 2.08. The average molecular weight is 161 g/mol. The number of rotatable bonds is 1. The summed E-state index contributed by atoms with van der Waals surface area (Å²) in [6.45, 7) is 4.62. The van der Waals surface area contributed by atoms with Gasteiger partial charge < -0.3 is 0 Å². The maximum Gasteiger partial charge on any atom is 0.0111 e. The van der Waals surface area contributed by atoms with Gasteiger partial charge in [-0.2, -0.15) is 0 Å². The van der Waals surface area contributed by atoms with E-state index in [1.54, 1.807) is 17.1 Å². The van der Waals surface area contributed by atoms with Gasteiger partial charge in [-0.25, -0.2) is 0 Å². The molecule has 0 heteroatoms. The quantitative estimate of drug-likeness (QED) is 0.515. The topological polar surface area (TPSA) is 0 Å². The zero-order chi connectivity index (χ0) is 8.55. The van der Waals surface area contributed by atoms with Crippen molar-refractivity contribution in [2.24, 2.45) is 5.92 Å². The Morgan fingerprint density at radius 2 is 2.17 bits per heavy atom. The van der Waals surface area contributed by atoms with Crippen LogP contribution in [0.5, 0.6) is 0 Å². The van der Waals surface area contributed by atoms with E-state index in [0.717, 1.165) is 0 Å². The number of hydrogen-bond acceptors (Lipinski definition) is 0. The molecule has 65 valence electrons. The summed E-state index contributed by atoms with van der Waals surface area (Å²) in [6, 6.07) is 0. The lowest BCUT2D eigenvalue weighted by Crippen LogP contribution is -2.04. The van der Waals surface area contributed by atoms with Crippen LogP contribution in [0.15, 0.2) is 23.3 Å². The van der Waals surface area contributed by atoms with Gasteiger partial charge in [0.15, 0.2) is 0 Å². The Balaban J connectivity index is 2.14. The highest BCUT2D eigenvalue weighted by Gasteiger charge is 2.26. The lowest BCUT2D eigenvalue weighted by Gasteiger charge is -2.17. The molecule has 0 amide bonds. The molecule has 0 aliphatic heterocycles. The molecule has 0 aromatic heterocycles. The summed E-state index contributed by atoms with van der Waals surface area (Å²) in [6.07, 6.45) is 9.94. The van der Waals surface area contributed by atoms with Crippen LogP contribution in [0, 0.1) is 11.8 Å². The second-order valence-corrected chi connectivity index (χ2v) is 4.06. The highest BCUT2D eigenvalue weighted by molar-refractivity contribution is 5.38. The summed E-state index contributed by atoms with van der Waals surface area (Å²) in [7, 11) is 0. The first-order chi connectivity index (χ1) is 5.79. The molecule has 2 aliphatic rings. The van der Waals surface area contributed by atoms with Gasteiger partial charge in [-0.1, -0.05) is 30.2 Å². The number of allylic oxidation sites excluding steroid dienone is 4. The van der Waals surface area contributed by atoms with Crippen LogP contribution >= 0.6 is 0 Å². The van der Waals surface area contributed by atoms with Gasteiger partial charge in [0.2, 0.25) is 0 Å². The van der Waals surface area contributed by atoms with Gasteiger partial charge in [-0.15, -0.1) is 0 Å². The first kappa shape index (κ1) is 8.10. The second kappa shape index (κ2) is 3.08. The zero-order valence-corrected chi connectivity index (χ0v) is 8.06. The standard InChI is InChI=1S/C12H17/c1-9-5-3-7-11(9)12-8-4-6-10(12)2/h3,5,9H,4,6-8H2,1-2H3. The molecule has 0 nitrogen and oxygen atoms in total. The fraction of sp³-hybridized carbons (Fsp3) is 0.583. The molecule has 1 atom stereocenters. The van der Waals surface area contributed by atoms with Crippen LogP contribution in [0.25, 0.3) is 0 Å². The summed E-state index contributed by atoms with van der Waals surface area (Å²) in [5.41, 5.74) is 3.35. The summed E-state index contributed by atoms with van der Waals surface area (Å²) >= 11 is 0. The van der Waals surface area contributed by atoms with Gasteiger partial charge in [-0.3, -0.25) is 0 Å². The van der Waals surface area contributed by atoms with Crippen molar-refractivity contribution in [3.05, 3.63) is 29.2 Å². The van der Waals surface area contributed by atoms with E-state index in [1.807, 2.05) is 0 Å². The smallest absolute Gasteiger partial charge is 0.0111 e. The largest absolute Gasteiger partial charge is 0.0873 e. The maximum atomic E-state index is 2.34. The van der Waals surface area contributed by atoms with E-state index in [2.05, 4.69) is 26.0 Å². The SMILES string of the molecule is CC1=C([C]2CC=CC2C)CCC1. The maximum absolute atomic E-state index is 2.34. The summed E-state index contributed by atoms with van der Waals surface area (Å²) < 4.78 is 0. The predicted molar refractivity (Wildman–Crippen MR) is 52.7 cm³/mol. The van der Waals surface area contributed by atoms with E-state index in [1.165, 1.54) is 25.7 Å². The van der Waals surface area contributed by atoms with Crippen molar-refractivity contribution in [3.63, 3.8) is 0 Å². The Morgan fingerprint density at radius 3 is 2.67 bits per heavy atom. The van der Waals surface area contributed by atoms with Crippen molar-refractivity contribution in [2.45, 2.75) is 39.5 Å². The van der Waals surface area contributed by atoms with E-state index in [-0.39, 0.29) is 0 Å². The normalized spacial score (nSPS) is 30.7. The predicted octanol–water partition coefficient (Wildman–Crippen LogP) is 3.66. The van der Waals surface area contributed by atoms with Gasteiger partial charge in [0.1, 0.15) is 0 Å². The zero-order valence-electron chi connectivity index (χ0n) is 8.06. The molecule has 12 heavy (non-hydrogen) atoms. The molecule has 0 bridgehead atoms. The third kappa shape index (κ3) is 1.24. The van der Waals surface area contributed by atoms with E-state index in [4.69, 9.17) is 0 Å². The Morgan fingerprint density at radius 1 is 1.33 bits per heavy atom. The van der Waals surface area contributed by atoms with E-state index < -0.39 is 0 Å². The minimum absolute atomic E-state index is 0.716. The Bertz CT molecular complexity index is 232. The van der Waals surface area contributed by atoms with E-state index in [0.29, 0.717) is 5.92 Å². The second-order valence-electron chi connectivity index (χ2n) is 4.06. The molecule has 0 heterocycles. The van der Waals surface area contributed by atoms with Crippen LogP contribution in [0.3, 0.4) is 0 Å². The molecule has 0 fully saturated rings. The van der Waals surface area contributed by atoms with Crippen molar-refractivity contribution in [1.29, 1.82) is 0 Å². The molecule has 0 spiro atoms. The van der Waals surface area contributed by atoms with Crippen LogP contribution in [0.1, 0.15) is 39.5 Å². The van der Waals surface area contributed by atoms with Gasteiger partial charge in [-0.05, 0) is 38.5 Å². The summed E-state index contributed by atoms with van der Waals surface area (Å²) in [5, 5.41) is 0. The molecule has 1 unspecified atom stereocenters. The molecular weight excluding hydrogens is 144 g/mol. The van der Waals surface area contributed by atoms with Gasteiger partial charge >= 0.3 is 0 Å². The molecular formula is C12H17. The van der Waals surface area contributed by atoms with Crippen molar-refractivity contribution in [3.8, 4) is 0 Å². The molecule has 1 radical (unpaired) electrons. The molecule has 0 aromatic rings. The Labute approximate surface area is 75.4 Å². The van der Waals surface area contributed by atoms with Gasteiger partial charge in [0, 0.05) is 5.92 Å². The van der Waals surface area contributed by atoms with Crippen LogP contribution in [0.2, 0.25) is 0 Å². The minimum Gasteiger partial charge on any atom is -0.0873 e. The van der Waals surface area contributed by atoms with E-state index in [9.17, 15) is 0 Å². The third-order valence-electron chi connectivity index (χ3n) is 3.19. The minimum atomic E-state index is 0.716. The van der Waals surface area contributed by atoms with Crippen LogP contribution in [0.4, 0.5) is 0 Å². The highest BCUT2D eigenvalue weighted by Crippen LogP contribution is 2.41. The van der Waals surface area contributed by atoms with E-state index >= 15 is 0 Å². The third-order valence-corrected chi connectivity index (χ3v) is 3.19. The van der Waals surface area contributed by atoms with Crippen molar-refractivity contribution in [1.82, 2.24) is 0 Å². The van der Waals surface area contributed by atoms with Crippen molar-refractivity contribution < 1.29 is 0 Å². The number of hydrogen-bond donors (Lipinski definition) is 0. The molecule has 0 aromatic carbocycles.